The van der Waals surface area contributed by atoms with Gasteiger partial charge in [-0.3, -0.25) is 0 Å². The Bertz CT molecular complexity index is 320. The van der Waals surface area contributed by atoms with Crippen LogP contribution in [0.5, 0.6) is 0 Å². The van der Waals surface area contributed by atoms with Gasteiger partial charge in [-0.25, -0.2) is 0 Å². The Morgan fingerprint density at radius 1 is 1.11 bits per heavy atom. The monoisotopic (exact) mass is 315 g/mol. The van der Waals surface area contributed by atoms with Gasteiger partial charge in [0.1, 0.15) is 0 Å². The van der Waals surface area contributed by atoms with Gasteiger partial charge in [0.25, 0.3) is 0 Å². The molecule has 0 amide bonds. The molecule has 102 valence electrons. The molecule has 0 heterocycles. The van der Waals surface area contributed by atoms with Crippen molar-refractivity contribution in [3.05, 3.63) is 34.3 Å². The molecule has 0 unspecified atom stereocenters. The number of benzene rings is 1. The molecule has 0 saturated heterocycles. The van der Waals surface area contributed by atoms with E-state index in [0.29, 0.717) is 6.61 Å². The molecular formula is C14H22BrNO2. The van der Waals surface area contributed by atoms with Crippen LogP contribution in [0.25, 0.3) is 0 Å². The first-order chi connectivity index (χ1) is 8.84. The number of hydrogen-bond donors (Lipinski definition) is 1. The van der Waals surface area contributed by atoms with E-state index < -0.39 is 0 Å². The normalized spacial score (nSPS) is 10.8. The zero-order valence-electron chi connectivity index (χ0n) is 11.0. The number of hydrogen-bond acceptors (Lipinski definition) is 3. The zero-order valence-corrected chi connectivity index (χ0v) is 12.5. The molecule has 1 N–H and O–H groups in total. The van der Waals surface area contributed by atoms with Crippen LogP contribution in [-0.2, 0) is 16.1 Å². The van der Waals surface area contributed by atoms with E-state index in [1.54, 1.807) is 7.11 Å². The van der Waals surface area contributed by atoms with Gasteiger partial charge in [0.15, 0.2) is 0 Å². The molecule has 0 atom stereocenters. The average molecular weight is 316 g/mol. The minimum absolute atomic E-state index is 0.679. The molecule has 4 heteroatoms. The third-order valence-corrected chi connectivity index (χ3v) is 3.36. The van der Waals surface area contributed by atoms with Gasteiger partial charge in [-0.15, -0.1) is 0 Å². The maximum Gasteiger partial charge on any atom is 0.0727 e. The Kier molecular flexibility index (Phi) is 9.12. The second-order valence-electron chi connectivity index (χ2n) is 4.09. The molecule has 0 aliphatic heterocycles. The van der Waals surface area contributed by atoms with Crippen molar-refractivity contribution in [1.82, 2.24) is 5.32 Å². The van der Waals surface area contributed by atoms with Crippen molar-refractivity contribution in [3.63, 3.8) is 0 Å². The van der Waals surface area contributed by atoms with E-state index in [4.69, 9.17) is 9.47 Å². The molecule has 1 aromatic carbocycles. The third kappa shape index (κ3) is 7.11. The summed E-state index contributed by atoms with van der Waals surface area (Å²) < 4.78 is 11.7. The first-order valence-electron chi connectivity index (χ1n) is 6.35. The smallest absolute Gasteiger partial charge is 0.0727 e. The Hall–Kier alpha value is -0.420. The Balaban J connectivity index is 1.94. The summed E-state index contributed by atoms with van der Waals surface area (Å²) in [5.74, 6) is 0. The van der Waals surface area contributed by atoms with Gasteiger partial charge in [0, 0.05) is 24.7 Å². The number of rotatable bonds is 10. The molecule has 0 bridgehead atoms. The lowest BCUT2D eigenvalue weighted by molar-refractivity contribution is 0.116. The molecular weight excluding hydrogens is 294 g/mol. The molecule has 0 aliphatic carbocycles. The Morgan fingerprint density at radius 2 is 1.94 bits per heavy atom. The van der Waals surface area contributed by atoms with Gasteiger partial charge in [0.2, 0.25) is 0 Å². The number of nitrogens with one attached hydrogen (secondary N) is 1. The van der Waals surface area contributed by atoms with Gasteiger partial charge in [-0.05, 0) is 31.0 Å². The van der Waals surface area contributed by atoms with E-state index in [1.165, 1.54) is 5.56 Å². The van der Waals surface area contributed by atoms with Crippen LogP contribution in [0.4, 0.5) is 0 Å². The topological polar surface area (TPSA) is 30.5 Å². The van der Waals surface area contributed by atoms with E-state index in [9.17, 15) is 0 Å². The lowest BCUT2D eigenvalue weighted by Gasteiger charge is -2.07. The Morgan fingerprint density at radius 3 is 2.72 bits per heavy atom. The molecule has 0 saturated carbocycles. The van der Waals surface area contributed by atoms with Crippen molar-refractivity contribution in [2.75, 3.05) is 33.4 Å². The molecule has 0 radical (unpaired) electrons. The Labute approximate surface area is 118 Å². The second kappa shape index (κ2) is 10.5. The highest BCUT2D eigenvalue weighted by molar-refractivity contribution is 9.10. The summed E-state index contributed by atoms with van der Waals surface area (Å²) in [6.07, 6.45) is 2.23. The standard InChI is InChI=1S/C14H22BrNO2/c1-17-11-9-16-8-4-5-10-18-12-13-6-2-3-7-14(13)15/h2-3,6-7,16H,4-5,8-12H2,1H3. The highest BCUT2D eigenvalue weighted by Gasteiger charge is 1.98. The molecule has 0 spiro atoms. The molecule has 18 heavy (non-hydrogen) atoms. The van der Waals surface area contributed by atoms with Gasteiger partial charge in [-0.1, -0.05) is 34.1 Å². The zero-order chi connectivity index (χ0) is 13.1. The third-order valence-electron chi connectivity index (χ3n) is 2.59. The van der Waals surface area contributed by atoms with E-state index in [-0.39, 0.29) is 0 Å². The van der Waals surface area contributed by atoms with E-state index in [2.05, 4.69) is 27.3 Å². The van der Waals surface area contributed by atoms with Crippen molar-refractivity contribution < 1.29 is 9.47 Å². The van der Waals surface area contributed by atoms with Gasteiger partial charge in [0.05, 0.1) is 13.2 Å². The fourth-order valence-corrected chi connectivity index (χ4v) is 1.95. The molecule has 3 nitrogen and oxygen atoms in total. The molecule has 0 aliphatic rings. The van der Waals surface area contributed by atoms with Gasteiger partial charge < -0.3 is 14.8 Å². The fraction of sp³-hybridized carbons (Fsp3) is 0.571. The maximum absolute atomic E-state index is 5.65. The highest BCUT2D eigenvalue weighted by atomic mass is 79.9. The molecule has 0 aromatic heterocycles. The van der Waals surface area contributed by atoms with Gasteiger partial charge in [-0.2, -0.15) is 0 Å². The number of halogens is 1. The summed E-state index contributed by atoms with van der Waals surface area (Å²) >= 11 is 3.51. The summed E-state index contributed by atoms with van der Waals surface area (Å²) in [6.45, 7) is 4.22. The highest BCUT2D eigenvalue weighted by Crippen LogP contribution is 2.16. The van der Waals surface area contributed by atoms with Crippen LogP contribution in [0.1, 0.15) is 18.4 Å². The average Bonchev–Trinajstić information content (AvgIpc) is 2.39. The lowest BCUT2D eigenvalue weighted by Crippen LogP contribution is -2.20. The predicted molar refractivity (Wildman–Crippen MR) is 77.8 cm³/mol. The van der Waals surface area contributed by atoms with E-state index >= 15 is 0 Å². The lowest BCUT2D eigenvalue weighted by atomic mass is 10.2. The van der Waals surface area contributed by atoms with E-state index in [1.807, 2.05) is 18.2 Å². The largest absolute Gasteiger partial charge is 0.383 e. The first-order valence-corrected chi connectivity index (χ1v) is 7.14. The number of ether oxygens (including phenoxy) is 2. The van der Waals surface area contributed by atoms with Crippen molar-refractivity contribution in [1.29, 1.82) is 0 Å². The van der Waals surface area contributed by atoms with Crippen LogP contribution in [0.2, 0.25) is 0 Å². The quantitative estimate of drug-likeness (QED) is 0.673. The number of methoxy groups -OCH3 is 1. The number of unbranched alkanes of at least 4 members (excludes halogenated alkanes) is 1. The van der Waals surface area contributed by atoms with Crippen molar-refractivity contribution in [2.24, 2.45) is 0 Å². The van der Waals surface area contributed by atoms with Crippen molar-refractivity contribution >= 4 is 15.9 Å². The molecule has 1 aromatic rings. The summed E-state index contributed by atoms with van der Waals surface area (Å²) in [6, 6.07) is 8.16. The van der Waals surface area contributed by atoms with E-state index in [0.717, 1.165) is 43.6 Å². The summed E-state index contributed by atoms with van der Waals surface area (Å²) in [7, 11) is 1.72. The van der Waals surface area contributed by atoms with Crippen LogP contribution < -0.4 is 5.32 Å². The minimum Gasteiger partial charge on any atom is -0.383 e. The summed E-state index contributed by atoms with van der Waals surface area (Å²) in [5, 5.41) is 3.32. The van der Waals surface area contributed by atoms with Crippen LogP contribution in [0.3, 0.4) is 0 Å². The molecule has 1 rings (SSSR count). The fourth-order valence-electron chi connectivity index (χ4n) is 1.55. The summed E-state index contributed by atoms with van der Waals surface area (Å²) in [4.78, 5) is 0. The van der Waals surface area contributed by atoms with Gasteiger partial charge >= 0.3 is 0 Å². The van der Waals surface area contributed by atoms with Crippen molar-refractivity contribution in [3.8, 4) is 0 Å². The van der Waals surface area contributed by atoms with Crippen LogP contribution in [-0.4, -0.2) is 33.4 Å². The van der Waals surface area contributed by atoms with Crippen LogP contribution in [0, 0.1) is 0 Å². The minimum atomic E-state index is 0.679. The maximum atomic E-state index is 5.65. The second-order valence-corrected chi connectivity index (χ2v) is 4.95. The van der Waals surface area contributed by atoms with Crippen molar-refractivity contribution in [2.45, 2.75) is 19.4 Å². The van der Waals surface area contributed by atoms with Crippen LogP contribution in [0.15, 0.2) is 28.7 Å². The predicted octanol–water partition coefficient (Wildman–Crippen LogP) is 2.98. The SMILES string of the molecule is COCCNCCCCOCc1ccccc1Br. The first kappa shape index (κ1) is 15.6. The van der Waals surface area contributed by atoms with Crippen LogP contribution >= 0.6 is 15.9 Å². The summed E-state index contributed by atoms with van der Waals surface area (Å²) in [5.41, 5.74) is 1.20. The molecule has 0 fully saturated rings.